The van der Waals surface area contributed by atoms with Gasteiger partial charge < -0.3 is 0 Å². The molecule has 6 rings (SSSR count). The van der Waals surface area contributed by atoms with Crippen molar-refractivity contribution >= 4 is 11.1 Å². The van der Waals surface area contributed by atoms with Crippen LogP contribution < -0.4 is 0 Å². The Kier molecular flexibility index (Phi) is 4.84. The van der Waals surface area contributed by atoms with E-state index in [0.717, 1.165) is 24.0 Å². The molecule has 0 aliphatic heterocycles. The van der Waals surface area contributed by atoms with E-state index >= 15 is 0 Å². The highest BCUT2D eigenvalue weighted by atomic mass is 14.5. The fourth-order valence-electron chi connectivity index (χ4n) is 5.61. The maximum Gasteiger partial charge on any atom is 0.0747 e. The Morgan fingerprint density at radius 2 is 1.35 bits per heavy atom. The maximum absolute atomic E-state index is 4.42. The molecule has 0 amide bonds. The summed E-state index contributed by atoms with van der Waals surface area (Å²) in [7, 11) is 0. The average Bonchev–Trinajstić information content (AvgIpc) is 3.14. The Labute approximate surface area is 202 Å². The van der Waals surface area contributed by atoms with Crippen molar-refractivity contribution in [1.29, 1.82) is 0 Å². The first-order valence-corrected chi connectivity index (χ1v) is 11.9. The summed E-state index contributed by atoms with van der Waals surface area (Å²) in [5, 5.41) is 0. The van der Waals surface area contributed by atoms with E-state index in [1.54, 1.807) is 0 Å². The summed E-state index contributed by atoms with van der Waals surface area (Å²) in [5.41, 5.74) is 15.4. The van der Waals surface area contributed by atoms with Crippen LogP contribution in [0, 0.1) is 0 Å². The van der Waals surface area contributed by atoms with E-state index in [1.807, 2.05) is 0 Å². The molecule has 0 nitrogen and oxygen atoms in total. The van der Waals surface area contributed by atoms with E-state index in [9.17, 15) is 0 Å². The lowest BCUT2D eigenvalue weighted by molar-refractivity contribution is 0.713. The Hall–Kier alpha value is -4.12. The number of allylic oxidation sites excluding steroid dienone is 9. The fraction of sp³-hybridized carbons (Fsp3) is 0.0882. The van der Waals surface area contributed by atoms with Gasteiger partial charge in [-0.05, 0) is 74.3 Å². The molecule has 3 aromatic carbocycles. The number of benzene rings is 3. The van der Waals surface area contributed by atoms with Crippen LogP contribution in [0.25, 0.3) is 11.1 Å². The van der Waals surface area contributed by atoms with Gasteiger partial charge >= 0.3 is 0 Å². The van der Waals surface area contributed by atoms with Crippen LogP contribution in [0.3, 0.4) is 0 Å². The molecule has 0 N–H and O–H groups in total. The van der Waals surface area contributed by atoms with Crippen LogP contribution in [0.15, 0.2) is 150 Å². The van der Waals surface area contributed by atoms with E-state index in [2.05, 4.69) is 128 Å². The zero-order valence-corrected chi connectivity index (χ0v) is 19.2. The van der Waals surface area contributed by atoms with E-state index in [-0.39, 0.29) is 5.41 Å². The van der Waals surface area contributed by atoms with Gasteiger partial charge in [0.05, 0.1) is 5.41 Å². The SMILES string of the molecule is C=C1/C=C(/c2ccccc2)C/C=C2\C(=C/C1=C)c1ccccc1C2(C1=C=CC1)c1ccccc1. The van der Waals surface area contributed by atoms with Gasteiger partial charge in [0.25, 0.3) is 0 Å². The minimum Gasteiger partial charge on any atom is -0.124 e. The van der Waals surface area contributed by atoms with Gasteiger partial charge in [0.15, 0.2) is 0 Å². The first-order valence-electron chi connectivity index (χ1n) is 11.9. The molecule has 34 heavy (non-hydrogen) atoms. The molecular formula is C34H26. The largest absolute Gasteiger partial charge is 0.124 e. The summed E-state index contributed by atoms with van der Waals surface area (Å²) in [4.78, 5) is 0. The lowest BCUT2D eigenvalue weighted by Crippen LogP contribution is -2.30. The smallest absolute Gasteiger partial charge is 0.0747 e. The van der Waals surface area contributed by atoms with Gasteiger partial charge in [0.1, 0.15) is 0 Å². The monoisotopic (exact) mass is 434 g/mol. The molecule has 0 aromatic heterocycles. The lowest BCUT2D eigenvalue weighted by Gasteiger charge is -2.36. The second-order valence-corrected chi connectivity index (χ2v) is 9.16. The lowest BCUT2D eigenvalue weighted by atomic mass is 9.64. The van der Waals surface area contributed by atoms with Gasteiger partial charge in [-0.3, -0.25) is 0 Å². The molecule has 0 heteroatoms. The standard InChI is InChI=1S/C34H26/c1-24-22-27(26-12-5-3-6-13-26)20-21-33-31(23-25(24)2)30-18-9-10-19-32(30)34(33,29-16-11-17-29)28-14-7-4-8-15-28/h3-15,18-19,21-23H,1-2,16,20H2/b27-22+,31-23-,33-21+. The van der Waals surface area contributed by atoms with Crippen molar-refractivity contribution in [3.63, 3.8) is 0 Å². The topological polar surface area (TPSA) is 0 Å². The van der Waals surface area contributed by atoms with Gasteiger partial charge in [0, 0.05) is 6.42 Å². The molecule has 0 fully saturated rings. The van der Waals surface area contributed by atoms with E-state index in [4.69, 9.17) is 0 Å². The molecule has 3 aliphatic carbocycles. The van der Waals surface area contributed by atoms with Crippen LogP contribution >= 0.6 is 0 Å². The summed E-state index contributed by atoms with van der Waals surface area (Å²) in [6.45, 7) is 8.80. The Morgan fingerprint density at radius 3 is 2.06 bits per heavy atom. The van der Waals surface area contributed by atoms with Gasteiger partial charge in [0.2, 0.25) is 0 Å². The van der Waals surface area contributed by atoms with Crippen molar-refractivity contribution in [2.45, 2.75) is 18.3 Å². The Balaban J connectivity index is 1.66. The van der Waals surface area contributed by atoms with Crippen LogP contribution in [-0.2, 0) is 5.41 Å². The summed E-state index contributed by atoms with van der Waals surface area (Å²) in [5.74, 6) is 0. The predicted molar refractivity (Wildman–Crippen MR) is 143 cm³/mol. The first kappa shape index (κ1) is 20.5. The minimum atomic E-state index is -0.341. The number of rotatable bonds is 3. The Bertz CT molecular complexity index is 1480. The van der Waals surface area contributed by atoms with Crippen LogP contribution in [0.5, 0.6) is 0 Å². The van der Waals surface area contributed by atoms with Crippen LogP contribution in [0.4, 0.5) is 0 Å². The van der Waals surface area contributed by atoms with Gasteiger partial charge in [-0.1, -0.05) is 110 Å². The highest BCUT2D eigenvalue weighted by Gasteiger charge is 2.49. The highest BCUT2D eigenvalue weighted by molar-refractivity contribution is 5.96. The number of fused-ring (bicyclic) bond motifs is 3. The molecule has 0 spiro atoms. The number of hydrogen-bond acceptors (Lipinski definition) is 0. The summed E-state index contributed by atoms with van der Waals surface area (Å²) in [6, 6.07) is 30.4. The summed E-state index contributed by atoms with van der Waals surface area (Å²) in [6.07, 6.45) is 10.8. The van der Waals surface area contributed by atoms with E-state index in [1.165, 1.54) is 44.5 Å². The highest BCUT2D eigenvalue weighted by Crippen LogP contribution is 2.59. The van der Waals surface area contributed by atoms with Crippen molar-refractivity contribution in [2.75, 3.05) is 0 Å². The van der Waals surface area contributed by atoms with E-state index in [0.29, 0.717) is 0 Å². The van der Waals surface area contributed by atoms with Crippen molar-refractivity contribution in [1.82, 2.24) is 0 Å². The Morgan fingerprint density at radius 1 is 0.706 bits per heavy atom. The molecule has 162 valence electrons. The maximum atomic E-state index is 4.42. The van der Waals surface area contributed by atoms with Gasteiger partial charge in [-0.15, -0.1) is 5.73 Å². The molecule has 3 aromatic rings. The molecule has 0 radical (unpaired) electrons. The molecular weight excluding hydrogens is 408 g/mol. The molecule has 0 saturated carbocycles. The molecule has 0 heterocycles. The van der Waals surface area contributed by atoms with Gasteiger partial charge in [-0.2, -0.15) is 0 Å². The van der Waals surface area contributed by atoms with Crippen molar-refractivity contribution in [2.24, 2.45) is 0 Å². The molecule has 1 unspecified atom stereocenters. The average molecular weight is 435 g/mol. The third kappa shape index (κ3) is 3.00. The zero-order chi connectivity index (χ0) is 23.1. The second kappa shape index (κ2) is 8.03. The minimum absolute atomic E-state index is 0.341. The fourth-order valence-corrected chi connectivity index (χ4v) is 5.61. The summed E-state index contributed by atoms with van der Waals surface area (Å²) < 4.78 is 0. The van der Waals surface area contributed by atoms with Crippen molar-refractivity contribution < 1.29 is 0 Å². The molecule has 0 bridgehead atoms. The molecule has 0 saturated heterocycles. The van der Waals surface area contributed by atoms with Crippen LogP contribution in [-0.4, -0.2) is 0 Å². The molecule has 3 aliphatic rings. The zero-order valence-electron chi connectivity index (χ0n) is 19.2. The predicted octanol–water partition coefficient (Wildman–Crippen LogP) is 8.38. The third-order valence-corrected chi connectivity index (χ3v) is 7.31. The van der Waals surface area contributed by atoms with Crippen molar-refractivity contribution in [3.8, 4) is 0 Å². The van der Waals surface area contributed by atoms with Crippen LogP contribution in [0.1, 0.15) is 35.1 Å². The quantitative estimate of drug-likeness (QED) is 0.363. The van der Waals surface area contributed by atoms with Crippen LogP contribution in [0.2, 0.25) is 0 Å². The molecule has 1 atom stereocenters. The van der Waals surface area contributed by atoms with E-state index < -0.39 is 0 Å². The first-order chi connectivity index (χ1) is 16.7. The normalized spacial score (nSPS) is 25.6. The van der Waals surface area contributed by atoms with Gasteiger partial charge in [-0.25, -0.2) is 0 Å². The summed E-state index contributed by atoms with van der Waals surface area (Å²) >= 11 is 0. The third-order valence-electron chi connectivity index (χ3n) is 7.31. The number of hydrogen-bond donors (Lipinski definition) is 0. The van der Waals surface area contributed by atoms with Crippen molar-refractivity contribution in [3.05, 3.63) is 173 Å². The second-order valence-electron chi connectivity index (χ2n) is 9.16.